The van der Waals surface area contributed by atoms with Gasteiger partial charge in [-0.1, -0.05) is 18.2 Å². The van der Waals surface area contributed by atoms with E-state index in [1.54, 1.807) is 0 Å². The van der Waals surface area contributed by atoms with Crippen LogP contribution in [-0.2, 0) is 0 Å². The molecule has 0 saturated heterocycles. The topological polar surface area (TPSA) is 54.5 Å². The fourth-order valence-electron chi connectivity index (χ4n) is 3.42. The first-order valence-corrected chi connectivity index (χ1v) is 8.54. The predicted octanol–water partition coefficient (Wildman–Crippen LogP) is 5.15. The summed E-state index contributed by atoms with van der Waals surface area (Å²) >= 11 is 0. The third-order valence-corrected chi connectivity index (χ3v) is 4.76. The van der Waals surface area contributed by atoms with Crippen molar-refractivity contribution in [1.29, 1.82) is 0 Å². The van der Waals surface area contributed by atoms with E-state index in [0.29, 0.717) is 0 Å². The number of pyridine rings is 3. The molecule has 0 unspecified atom stereocenters. The molecule has 5 aromatic rings. The summed E-state index contributed by atoms with van der Waals surface area (Å²) in [6.45, 7) is 2.02. The van der Waals surface area contributed by atoms with Crippen molar-refractivity contribution in [3.63, 3.8) is 0 Å². The Morgan fingerprint density at radius 1 is 0.808 bits per heavy atom. The highest BCUT2D eigenvalue weighted by molar-refractivity contribution is 5.98. The highest BCUT2D eigenvalue weighted by Gasteiger charge is 2.11. The number of hydrogen-bond acceptors (Lipinski definition) is 3. The lowest BCUT2D eigenvalue weighted by Crippen LogP contribution is -1.88. The first-order valence-electron chi connectivity index (χ1n) is 8.54. The number of hydrogen-bond donors (Lipinski definition) is 1. The number of nitrogens with one attached hydrogen (secondary N) is 1. The Kier molecular flexibility index (Phi) is 3.28. The van der Waals surface area contributed by atoms with Crippen molar-refractivity contribution >= 4 is 21.9 Å². The summed E-state index contributed by atoms with van der Waals surface area (Å²) in [5.74, 6) is 0. The number of nitrogens with zero attached hydrogens (tertiary/aromatic N) is 3. The summed E-state index contributed by atoms with van der Waals surface area (Å²) in [6, 6.07) is 16.6. The molecule has 4 nitrogen and oxygen atoms in total. The fraction of sp³-hybridized carbons (Fsp3) is 0.0455. The van der Waals surface area contributed by atoms with Gasteiger partial charge in [-0.25, -0.2) is 4.98 Å². The van der Waals surface area contributed by atoms with Crippen LogP contribution in [0.15, 0.2) is 73.3 Å². The molecule has 4 aromatic heterocycles. The summed E-state index contributed by atoms with van der Waals surface area (Å²) < 4.78 is 0. The number of rotatable bonds is 2. The van der Waals surface area contributed by atoms with Gasteiger partial charge in [0.15, 0.2) is 0 Å². The number of benzene rings is 1. The second-order valence-corrected chi connectivity index (χ2v) is 6.37. The van der Waals surface area contributed by atoms with E-state index in [2.05, 4.69) is 56.3 Å². The summed E-state index contributed by atoms with van der Waals surface area (Å²) in [6.07, 6.45) is 7.56. The minimum absolute atomic E-state index is 0.886. The van der Waals surface area contributed by atoms with Crippen molar-refractivity contribution in [3.05, 3.63) is 79.0 Å². The largest absolute Gasteiger partial charge is 0.346 e. The number of H-pyrrole nitrogens is 1. The maximum absolute atomic E-state index is 4.61. The Hall–Kier alpha value is -3.53. The third kappa shape index (κ3) is 2.35. The second kappa shape index (κ2) is 5.77. The van der Waals surface area contributed by atoms with Crippen LogP contribution in [-0.4, -0.2) is 19.9 Å². The lowest BCUT2D eigenvalue weighted by Gasteiger charge is -2.06. The summed E-state index contributed by atoms with van der Waals surface area (Å²) in [5.41, 5.74) is 7.36. The monoisotopic (exact) mass is 336 g/mol. The molecule has 4 heterocycles. The van der Waals surface area contributed by atoms with Gasteiger partial charge in [-0.15, -0.1) is 0 Å². The minimum atomic E-state index is 0.886. The number of fused-ring (bicyclic) bond motifs is 2. The number of aryl methyl sites for hydroxylation is 1. The molecular formula is C22H16N4. The first-order chi connectivity index (χ1) is 12.8. The maximum atomic E-state index is 4.61. The minimum Gasteiger partial charge on any atom is -0.346 e. The third-order valence-electron chi connectivity index (χ3n) is 4.76. The van der Waals surface area contributed by atoms with Gasteiger partial charge in [-0.05, 0) is 42.8 Å². The summed E-state index contributed by atoms with van der Waals surface area (Å²) in [4.78, 5) is 16.7. The van der Waals surface area contributed by atoms with Crippen LogP contribution in [0.2, 0.25) is 0 Å². The molecule has 0 spiro atoms. The van der Waals surface area contributed by atoms with E-state index in [0.717, 1.165) is 49.9 Å². The van der Waals surface area contributed by atoms with E-state index in [1.165, 1.54) is 0 Å². The van der Waals surface area contributed by atoms with Crippen LogP contribution in [0.25, 0.3) is 44.2 Å². The average molecular weight is 336 g/mol. The van der Waals surface area contributed by atoms with Crippen LogP contribution in [0.4, 0.5) is 0 Å². The van der Waals surface area contributed by atoms with Crippen molar-refractivity contribution in [3.8, 4) is 22.3 Å². The van der Waals surface area contributed by atoms with Gasteiger partial charge in [0.25, 0.3) is 0 Å². The number of aromatic amines is 1. The Morgan fingerprint density at radius 2 is 1.69 bits per heavy atom. The van der Waals surface area contributed by atoms with Crippen molar-refractivity contribution in [2.24, 2.45) is 0 Å². The van der Waals surface area contributed by atoms with E-state index in [-0.39, 0.29) is 0 Å². The normalized spacial score (nSPS) is 11.3. The van der Waals surface area contributed by atoms with Gasteiger partial charge >= 0.3 is 0 Å². The Labute approximate surface area is 150 Å². The standard InChI is InChI=1S/C22H16N4/c1-14-18(5-3-8-23-14)17-11-19-20(13-26-22(19)25-12-17)15-6-7-21-16(10-15)4-2-9-24-21/h2-13H,1H3,(H,25,26). The molecule has 1 aromatic carbocycles. The van der Waals surface area contributed by atoms with Gasteiger partial charge < -0.3 is 4.98 Å². The highest BCUT2D eigenvalue weighted by Crippen LogP contribution is 2.32. The molecule has 26 heavy (non-hydrogen) atoms. The van der Waals surface area contributed by atoms with Crippen molar-refractivity contribution < 1.29 is 0 Å². The summed E-state index contributed by atoms with van der Waals surface area (Å²) in [5, 5.41) is 2.24. The van der Waals surface area contributed by atoms with Gasteiger partial charge in [-0.2, -0.15) is 0 Å². The molecule has 0 aliphatic heterocycles. The van der Waals surface area contributed by atoms with E-state index in [9.17, 15) is 0 Å². The van der Waals surface area contributed by atoms with E-state index < -0.39 is 0 Å². The van der Waals surface area contributed by atoms with E-state index in [4.69, 9.17) is 0 Å². The van der Waals surface area contributed by atoms with Gasteiger partial charge in [0, 0.05) is 57.9 Å². The lowest BCUT2D eigenvalue weighted by molar-refractivity contribution is 1.20. The van der Waals surface area contributed by atoms with Crippen molar-refractivity contribution in [1.82, 2.24) is 19.9 Å². The van der Waals surface area contributed by atoms with Gasteiger partial charge in [-0.3, -0.25) is 9.97 Å². The average Bonchev–Trinajstić information content (AvgIpc) is 3.11. The predicted molar refractivity (Wildman–Crippen MR) is 105 cm³/mol. The Morgan fingerprint density at radius 3 is 2.62 bits per heavy atom. The first kappa shape index (κ1) is 14.8. The summed E-state index contributed by atoms with van der Waals surface area (Å²) in [7, 11) is 0. The molecular weight excluding hydrogens is 320 g/mol. The van der Waals surface area contributed by atoms with Crippen LogP contribution in [0, 0.1) is 6.92 Å². The zero-order valence-electron chi connectivity index (χ0n) is 14.3. The highest BCUT2D eigenvalue weighted by atomic mass is 14.8. The maximum Gasteiger partial charge on any atom is 0.137 e. The van der Waals surface area contributed by atoms with Gasteiger partial charge in [0.05, 0.1) is 5.52 Å². The Balaban J connectivity index is 1.70. The molecule has 0 atom stereocenters. The number of aromatic nitrogens is 4. The molecule has 5 rings (SSSR count). The molecule has 0 bridgehead atoms. The van der Waals surface area contributed by atoms with Crippen LogP contribution < -0.4 is 0 Å². The SMILES string of the molecule is Cc1ncccc1-c1cnc2[nH]cc(-c3ccc4ncccc4c3)c2c1. The van der Waals surface area contributed by atoms with Crippen molar-refractivity contribution in [2.75, 3.05) is 0 Å². The van der Waals surface area contributed by atoms with Crippen LogP contribution in [0.5, 0.6) is 0 Å². The van der Waals surface area contributed by atoms with Crippen LogP contribution >= 0.6 is 0 Å². The van der Waals surface area contributed by atoms with Crippen molar-refractivity contribution in [2.45, 2.75) is 6.92 Å². The molecule has 4 heteroatoms. The zero-order chi connectivity index (χ0) is 17.5. The van der Waals surface area contributed by atoms with Gasteiger partial charge in [0.2, 0.25) is 0 Å². The molecule has 0 radical (unpaired) electrons. The van der Waals surface area contributed by atoms with Crippen LogP contribution in [0.3, 0.4) is 0 Å². The molecule has 1 N–H and O–H groups in total. The fourth-order valence-corrected chi connectivity index (χ4v) is 3.42. The molecule has 0 aliphatic carbocycles. The lowest BCUT2D eigenvalue weighted by atomic mass is 10.0. The van der Waals surface area contributed by atoms with Crippen LogP contribution in [0.1, 0.15) is 5.69 Å². The van der Waals surface area contributed by atoms with E-state index >= 15 is 0 Å². The molecule has 0 aliphatic rings. The van der Waals surface area contributed by atoms with E-state index in [1.807, 2.05) is 43.8 Å². The van der Waals surface area contributed by atoms with Gasteiger partial charge in [0.1, 0.15) is 5.65 Å². The molecule has 124 valence electrons. The second-order valence-electron chi connectivity index (χ2n) is 6.37. The molecule has 0 fully saturated rings. The zero-order valence-corrected chi connectivity index (χ0v) is 14.3. The molecule has 0 amide bonds. The smallest absolute Gasteiger partial charge is 0.137 e. The molecule has 0 saturated carbocycles. The Bertz CT molecular complexity index is 1250. The quantitative estimate of drug-likeness (QED) is 0.485.